The number of aliphatic hydroxyl groups is 1. The van der Waals surface area contributed by atoms with Crippen LogP contribution in [0.25, 0.3) is 0 Å². The summed E-state index contributed by atoms with van der Waals surface area (Å²) in [6.07, 6.45) is 0. The maximum Gasteiger partial charge on any atom is 0.247 e. The number of likely N-dealkylation sites (N-methyl/N-ethyl adjacent to an activating group) is 1. The average Bonchev–Trinajstić information content (AvgIpc) is 2.39. The van der Waals surface area contributed by atoms with Crippen LogP contribution in [0.4, 0.5) is 5.69 Å². The van der Waals surface area contributed by atoms with Crippen molar-refractivity contribution in [2.24, 2.45) is 0 Å². The zero-order valence-corrected chi connectivity index (χ0v) is 11.1. The Balaban J connectivity index is 2.31. The van der Waals surface area contributed by atoms with E-state index in [0.717, 1.165) is 5.69 Å². The number of hydrogen-bond acceptors (Lipinski definition) is 4. The van der Waals surface area contributed by atoms with Gasteiger partial charge in [-0.05, 0) is 38.2 Å². The molecule has 1 aromatic rings. The number of carbonyl (C=O) groups is 1. The van der Waals surface area contributed by atoms with Gasteiger partial charge in [0.05, 0.1) is 18.2 Å². The lowest BCUT2D eigenvalue weighted by Crippen LogP contribution is -2.61. The minimum absolute atomic E-state index is 0.0354. The first-order valence-corrected chi connectivity index (χ1v) is 6.22. The molecule has 5 nitrogen and oxygen atoms in total. The summed E-state index contributed by atoms with van der Waals surface area (Å²) in [5, 5.41) is 18.1. The summed E-state index contributed by atoms with van der Waals surface area (Å²) < 4.78 is 0. The van der Waals surface area contributed by atoms with Gasteiger partial charge in [-0.25, -0.2) is 0 Å². The van der Waals surface area contributed by atoms with Gasteiger partial charge in [-0.15, -0.1) is 0 Å². The normalized spacial score (nSPS) is 24.3. The quantitative estimate of drug-likeness (QED) is 0.844. The van der Waals surface area contributed by atoms with E-state index in [0.29, 0.717) is 12.1 Å². The van der Waals surface area contributed by atoms with Crippen molar-refractivity contribution in [3.63, 3.8) is 0 Å². The Morgan fingerprint density at radius 3 is 2.58 bits per heavy atom. The van der Waals surface area contributed by atoms with E-state index >= 15 is 0 Å². The average molecular weight is 259 g/mol. The first-order chi connectivity index (χ1) is 9.08. The minimum Gasteiger partial charge on any atom is -0.394 e. The zero-order chi connectivity index (χ0) is 14.0. The smallest absolute Gasteiger partial charge is 0.247 e. The third kappa shape index (κ3) is 2.46. The topological polar surface area (TPSA) is 67.6 Å². The van der Waals surface area contributed by atoms with Gasteiger partial charge in [0, 0.05) is 18.3 Å². The molecule has 1 aromatic carbocycles. The van der Waals surface area contributed by atoms with E-state index < -0.39 is 6.04 Å². The molecule has 0 bridgehead atoms. The monoisotopic (exact) mass is 259 g/mol. The van der Waals surface area contributed by atoms with E-state index in [9.17, 15) is 9.90 Å². The van der Waals surface area contributed by atoms with Crippen molar-refractivity contribution in [1.29, 1.82) is 5.26 Å². The number of hydrogen-bond donors (Lipinski definition) is 1. The zero-order valence-electron chi connectivity index (χ0n) is 11.1. The lowest BCUT2D eigenvalue weighted by atomic mass is 10.1. The summed E-state index contributed by atoms with van der Waals surface area (Å²) in [4.78, 5) is 16.0. The molecule has 1 fully saturated rings. The Hall–Kier alpha value is -1.90. The molecule has 2 unspecified atom stereocenters. The van der Waals surface area contributed by atoms with Crippen LogP contribution < -0.4 is 4.90 Å². The molecular formula is C14H17N3O2. The molecule has 1 saturated heterocycles. The summed E-state index contributed by atoms with van der Waals surface area (Å²) in [6, 6.07) is 8.53. The molecule has 19 heavy (non-hydrogen) atoms. The Morgan fingerprint density at radius 2 is 2.05 bits per heavy atom. The number of piperazine rings is 1. The van der Waals surface area contributed by atoms with Crippen molar-refractivity contribution in [2.75, 3.05) is 25.1 Å². The van der Waals surface area contributed by atoms with Crippen LogP contribution in [0.15, 0.2) is 24.3 Å². The van der Waals surface area contributed by atoms with Crippen LogP contribution in [0, 0.1) is 11.3 Å². The molecule has 2 rings (SSSR count). The van der Waals surface area contributed by atoms with Crippen LogP contribution in [0.1, 0.15) is 12.5 Å². The Kier molecular flexibility index (Phi) is 3.84. The lowest BCUT2D eigenvalue weighted by Gasteiger charge is -2.42. The van der Waals surface area contributed by atoms with Crippen LogP contribution in [-0.2, 0) is 4.79 Å². The summed E-state index contributed by atoms with van der Waals surface area (Å²) in [7, 11) is 1.84. The van der Waals surface area contributed by atoms with E-state index in [1.54, 1.807) is 29.2 Å². The predicted octanol–water partition coefficient (Wildman–Crippen LogP) is 0.586. The second-order valence-electron chi connectivity index (χ2n) is 4.85. The summed E-state index contributed by atoms with van der Waals surface area (Å²) in [5.74, 6) is -0.103. The number of rotatable bonds is 2. The molecular weight excluding hydrogens is 242 g/mol. The van der Waals surface area contributed by atoms with Crippen molar-refractivity contribution in [3.8, 4) is 6.07 Å². The SMILES string of the molecule is CC1CN(C)C(CO)C(=O)N1c1ccc(C#N)cc1. The summed E-state index contributed by atoms with van der Waals surface area (Å²) in [6.45, 7) is 2.49. The molecule has 1 aliphatic rings. The number of amides is 1. The van der Waals surface area contributed by atoms with Crippen LogP contribution in [0.3, 0.4) is 0 Å². The molecule has 1 N–H and O–H groups in total. The third-order valence-electron chi connectivity index (χ3n) is 3.50. The Bertz CT molecular complexity index is 506. The summed E-state index contributed by atoms with van der Waals surface area (Å²) >= 11 is 0. The molecule has 100 valence electrons. The molecule has 2 atom stereocenters. The highest BCUT2D eigenvalue weighted by atomic mass is 16.3. The summed E-state index contributed by atoms with van der Waals surface area (Å²) in [5.41, 5.74) is 1.33. The highest BCUT2D eigenvalue weighted by molar-refractivity contribution is 5.98. The van der Waals surface area contributed by atoms with E-state index in [1.165, 1.54) is 0 Å². The highest BCUT2D eigenvalue weighted by Gasteiger charge is 2.36. The standard InChI is InChI=1S/C14H17N3O2/c1-10-8-16(2)13(9-18)14(19)17(10)12-5-3-11(7-15)4-6-12/h3-6,10,13,18H,8-9H2,1-2H3. The number of benzene rings is 1. The first kappa shape index (κ1) is 13.5. The minimum atomic E-state index is -0.494. The molecule has 1 aliphatic heterocycles. The van der Waals surface area contributed by atoms with Crippen LogP contribution in [0.5, 0.6) is 0 Å². The second kappa shape index (κ2) is 5.39. The Morgan fingerprint density at radius 1 is 1.42 bits per heavy atom. The number of carbonyl (C=O) groups excluding carboxylic acids is 1. The van der Waals surface area contributed by atoms with Gasteiger partial charge in [0.2, 0.25) is 5.91 Å². The van der Waals surface area contributed by atoms with Crippen LogP contribution >= 0.6 is 0 Å². The van der Waals surface area contributed by atoms with Crippen molar-refractivity contribution < 1.29 is 9.90 Å². The largest absolute Gasteiger partial charge is 0.394 e. The number of nitrogens with zero attached hydrogens (tertiary/aromatic N) is 3. The molecule has 1 heterocycles. The van der Waals surface area contributed by atoms with Crippen molar-refractivity contribution in [3.05, 3.63) is 29.8 Å². The molecule has 0 spiro atoms. The van der Waals surface area contributed by atoms with Crippen molar-refractivity contribution in [1.82, 2.24) is 4.90 Å². The van der Waals surface area contributed by atoms with E-state index in [2.05, 4.69) is 6.07 Å². The van der Waals surface area contributed by atoms with E-state index in [4.69, 9.17) is 5.26 Å². The molecule has 1 amide bonds. The fourth-order valence-corrected chi connectivity index (χ4v) is 2.49. The molecule has 5 heteroatoms. The van der Waals surface area contributed by atoms with Gasteiger partial charge in [0.1, 0.15) is 6.04 Å². The maximum atomic E-state index is 12.4. The van der Waals surface area contributed by atoms with Crippen LogP contribution in [-0.4, -0.2) is 48.2 Å². The number of anilines is 1. The Labute approximate surface area is 112 Å². The first-order valence-electron chi connectivity index (χ1n) is 6.22. The fourth-order valence-electron chi connectivity index (χ4n) is 2.49. The van der Waals surface area contributed by atoms with Gasteiger partial charge < -0.3 is 10.0 Å². The van der Waals surface area contributed by atoms with Gasteiger partial charge in [-0.3, -0.25) is 9.69 Å². The number of nitriles is 1. The van der Waals surface area contributed by atoms with Crippen LogP contribution in [0.2, 0.25) is 0 Å². The molecule has 0 radical (unpaired) electrons. The van der Waals surface area contributed by atoms with Gasteiger partial charge in [-0.2, -0.15) is 5.26 Å². The van der Waals surface area contributed by atoms with E-state index in [-0.39, 0.29) is 18.6 Å². The fraction of sp³-hybridized carbons (Fsp3) is 0.429. The van der Waals surface area contributed by atoms with Gasteiger partial charge >= 0.3 is 0 Å². The van der Waals surface area contributed by atoms with Gasteiger partial charge in [0.25, 0.3) is 0 Å². The molecule has 0 aromatic heterocycles. The third-order valence-corrected chi connectivity index (χ3v) is 3.50. The van der Waals surface area contributed by atoms with E-state index in [1.807, 2.05) is 18.9 Å². The second-order valence-corrected chi connectivity index (χ2v) is 4.85. The van der Waals surface area contributed by atoms with Crippen molar-refractivity contribution >= 4 is 11.6 Å². The highest BCUT2D eigenvalue weighted by Crippen LogP contribution is 2.24. The van der Waals surface area contributed by atoms with Crippen molar-refractivity contribution in [2.45, 2.75) is 19.0 Å². The predicted molar refractivity (Wildman–Crippen MR) is 71.6 cm³/mol. The van der Waals surface area contributed by atoms with Gasteiger partial charge in [0.15, 0.2) is 0 Å². The number of aliphatic hydroxyl groups excluding tert-OH is 1. The molecule has 0 saturated carbocycles. The van der Waals surface area contributed by atoms with Gasteiger partial charge in [-0.1, -0.05) is 0 Å². The maximum absolute atomic E-state index is 12.4. The molecule has 0 aliphatic carbocycles. The lowest BCUT2D eigenvalue weighted by molar-refractivity contribution is -0.127.